The van der Waals surface area contributed by atoms with Crippen LogP contribution in [-0.2, 0) is 4.74 Å². The Morgan fingerprint density at radius 3 is 2.44 bits per heavy atom. The van der Waals surface area contributed by atoms with E-state index in [4.69, 9.17) is 16.3 Å². The number of fused-ring (bicyclic) bond motifs is 2. The summed E-state index contributed by atoms with van der Waals surface area (Å²) in [6.07, 6.45) is 2.23. The first-order chi connectivity index (χ1) is 17.5. The summed E-state index contributed by atoms with van der Waals surface area (Å²) in [6.45, 7) is 7.94. The summed E-state index contributed by atoms with van der Waals surface area (Å²) in [5, 5.41) is 0.760. The molecule has 0 bridgehead atoms. The van der Waals surface area contributed by atoms with Crippen LogP contribution in [0.3, 0.4) is 0 Å². The van der Waals surface area contributed by atoms with Gasteiger partial charge in [-0.1, -0.05) is 60.3 Å². The zero-order valence-corrected chi connectivity index (χ0v) is 21.6. The number of likely N-dealkylation sites (tertiary alicyclic amines) is 1. The van der Waals surface area contributed by atoms with Crippen LogP contribution in [-0.4, -0.2) is 42.8 Å². The monoisotopic (exact) mass is 517 g/mol. The molecule has 7 heteroatoms. The Kier molecular flexibility index (Phi) is 6.20. The summed E-state index contributed by atoms with van der Waals surface area (Å²) in [7, 11) is 0. The third kappa shape index (κ3) is 4.17. The van der Waals surface area contributed by atoms with E-state index in [-0.39, 0.29) is 6.09 Å². The van der Waals surface area contributed by atoms with Crippen LogP contribution in [0, 0.1) is 0 Å². The molecule has 36 heavy (non-hydrogen) atoms. The highest BCUT2D eigenvalue weighted by Gasteiger charge is 2.50. The van der Waals surface area contributed by atoms with E-state index in [1.807, 2.05) is 36.4 Å². The maximum atomic E-state index is 12.7. The molecule has 0 radical (unpaired) electrons. The Bertz CT molecular complexity index is 1310. The Hall–Kier alpha value is -2.93. The molecule has 2 saturated heterocycles. The normalized spacial score (nSPS) is 18.8. The molecule has 6 rings (SSSR count). The quantitative estimate of drug-likeness (QED) is 0.354. The highest BCUT2D eigenvalue weighted by molar-refractivity contribution is 7.99. The fourth-order valence-electron chi connectivity index (χ4n) is 5.45. The van der Waals surface area contributed by atoms with Crippen LogP contribution in [0.1, 0.15) is 19.3 Å². The van der Waals surface area contributed by atoms with Gasteiger partial charge in [-0.05, 0) is 55.4 Å². The molecular formula is C29H28ClN3O2S. The minimum Gasteiger partial charge on any atom is -0.436 e. The SMILES string of the molecule is C=C1N(c2ccccc2)C(=O)OC12CCN(CCCN1c3ccccc3Sc3ccc(Cl)cc31)CC2. The number of benzene rings is 3. The summed E-state index contributed by atoms with van der Waals surface area (Å²) in [5.41, 5.74) is 3.40. The maximum Gasteiger partial charge on any atom is 0.419 e. The first-order valence-corrected chi connectivity index (χ1v) is 13.6. The van der Waals surface area contributed by atoms with Gasteiger partial charge in [-0.2, -0.15) is 0 Å². The van der Waals surface area contributed by atoms with E-state index in [2.05, 4.69) is 52.8 Å². The van der Waals surface area contributed by atoms with Crippen molar-refractivity contribution in [1.82, 2.24) is 4.90 Å². The Morgan fingerprint density at radius 1 is 0.917 bits per heavy atom. The van der Waals surface area contributed by atoms with Gasteiger partial charge in [0.05, 0.1) is 22.8 Å². The van der Waals surface area contributed by atoms with Crippen molar-refractivity contribution in [3.63, 3.8) is 0 Å². The van der Waals surface area contributed by atoms with Gasteiger partial charge in [0.25, 0.3) is 0 Å². The summed E-state index contributed by atoms with van der Waals surface area (Å²) < 4.78 is 5.94. The number of amides is 1. The molecule has 0 aromatic heterocycles. The molecule has 0 saturated carbocycles. The number of carbonyl (C=O) groups excluding carboxylic acids is 1. The van der Waals surface area contributed by atoms with Crippen molar-refractivity contribution in [2.75, 3.05) is 36.0 Å². The van der Waals surface area contributed by atoms with E-state index in [0.717, 1.165) is 61.8 Å². The molecule has 5 nitrogen and oxygen atoms in total. The van der Waals surface area contributed by atoms with Gasteiger partial charge in [-0.15, -0.1) is 0 Å². The standard InChI is InChI=1S/C29H28ClN3O2S/c1-21-29(35-28(34)33(21)23-8-3-2-4-9-23)14-18-31(19-15-29)16-7-17-32-24-10-5-6-11-26(24)36-27-13-12-22(30)20-25(27)32/h2-6,8-13,20H,1,7,14-19H2. The predicted octanol–water partition coefficient (Wildman–Crippen LogP) is 7.34. The van der Waals surface area contributed by atoms with Crippen LogP contribution >= 0.6 is 23.4 Å². The molecule has 3 aliphatic rings. The van der Waals surface area contributed by atoms with Gasteiger partial charge in [0.15, 0.2) is 5.60 Å². The second-order valence-electron chi connectivity index (χ2n) is 9.51. The lowest BCUT2D eigenvalue weighted by molar-refractivity contribution is 0.0150. The van der Waals surface area contributed by atoms with E-state index in [0.29, 0.717) is 0 Å². The van der Waals surface area contributed by atoms with Crippen LogP contribution in [0.15, 0.2) is 94.9 Å². The van der Waals surface area contributed by atoms with E-state index in [9.17, 15) is 4.79 Å². The van der Waals surface area contributed by atoms with Crippen LogP contribution < -0.4 is 9.80 Å². The fourth-order valence-corrected chi connectivity index (χ4v) is 6.69. The number of carbonyl (C=O) groups is 1. The summed E-state index contributed by atoms with van der Waals surface area (Å²) in [6, 6.07) is 24.3. The number of anilines is 3. The second kappa shape index (κ2) is 9.51. The number of hydrogen-bond acceptors (Lipinski definition) is 5. The van der Waals surface area contributed by atoms with Gasteiger partial charge < -0.3 is 14.5 Å². The first-order valence-electron chi connectivity index (χ1n) is 12.4. The lowest BCUT2D eigenvalue weighted by atomic mass is 9.88. The molecule has 3 aliphatic heterocycles. The highest BCUT2D eigenvalue weighted by atomic mass is 35.5. The highest BCUT2D eigenvalue weighted by Crippen LogP contribution is 2.49. The van der Waals surface area contributed by atoms with Crippen molar-refractivity contribution in [2.24, 2.45) is 0 Å². The molecular weight excluding hydrogens is 490 g/mol. The van der Waals surface area contributed by atoms with Crippen LogP contribution in [0.2, 0.25) is 5.02 Å². The predicted molar refractivity (Wildman–Crippen MR) is 147 cm³/mol. The molecule has 184 valence electrons. The van der Waals surface area contributed by atoms with E-state index >= 15 is 0 Å². The number of ether oxygens (including phenoxy) is 1. The van der Waals surface area contributed by atoms with Crippen molar-refractivity contribution >= 4 is 46.5 Å². The van der Waals surface area contributed by atoms with E-state index in [1.165, 1.54) is 21.2 Å². The number of halogens is 1. The molecule has 3 aromatic rings. The summed E-state index contributed by atoms with van der Waals surface area (Å²) in [5.74, 6) is 0. The zero-order chi connectivity index (χ0) is 24.7. The third-order valence-electron chi connectivity index (χ3n) is 7.38. The number of piperidine rings is 1. The van der Waals surface area contributed by atoms with Gasteiger partial charge >= 0.3 is 6.09 Å². The van der Waals surface area contributed by atoms with E-state index in [1.54, 1.807) is 16.7 Å². The van der Waals surface area contributed by atoms with Crippen molar-refractivity contribution in [3.05, 3.63) is 90.1 Å². The van der Waals surface area contributed by atoms with Crippen molar-refractivity contribution < 1.29 is 9.53 Å². The van der Waals surface area contributed by atoms with Gasteiger partial charge in [0.1, 0.15) is 0 Å². The summed E-state index contributed by atoms with van der Waals surface area (Å²) >= 11 is 8.17. The van der Waals surface area contributed by atoms with Gasteiger partial charge in [-0.3, -0.25) is 0 Å². The third-order valence-corrected chi connectivity index (χ3v) is 8.75. The smallest absolute Gasteiger partial charge is 0.419 e. The van der Waals surface area contributed by atoms with E-state index < -0.39 is 5.60 Å². The van der Waals surface area contributed by atoms with Gasteiger partial charge in [0.2, 0.25) is 0 Å². The van der Waals surface area contributed by atoms with Gasteiger partial charge in [0, 0.05) is 47.3 Å². The zero-order valence-electron chi connectivity index (χ0n) is 20.0. The maximum absolute atomic E-state index is 12.7. The second-order valence-corrected chi connectivity index (χ2v) is 11.0. The molecule has 0 unspecified atom stereocenters. The Morgan fingerprint density at radius 2 is 1.64 bits per heavy atom. The Balaban J connectivity index is 1.09. The molecule has 3 heterocycles. The summed E-state index contributed by atoms with van der Waals surface area (Å²) in [4.78, 5) is 21.7. The molecule has 1 amide bonds. The number of nitrogens with zero attached hydrogens (tertiary/aromatic N) is 3. The Labute approximate surface area is 221 Å². The molecule has 0 atom stereocenters. The van der Waals surface area contributed by atoms with Gasteiger partial charge in [-0.25, -0.2) is 9.69 Å². The number of para-hydroxylation sites is 2. The average Bonchev–Trinajstić information content (AvgIpc) is 3.14. The largest absolute Gasteiger partial charge is 0.436 e. The minimum atomic E-state index is -0.595. The molecule has 1 spiro atoms. The van der Waals surface area contributed by atoms with Crippen LogP contribution in [0.5, 0.6) is 0 Å². The topological polar surface area (TPSA) is 36.0 Å². The van der Waals surface area contributed by atoms with Crippen molar-refractivity contribution in [1.29, 1.82) is 0 Å². The molecule has 3 aromatic carbocycles. The minimum absolute atomic E-state index is 0.321. The number of rotatable bonds is 5. The number of hydrogen-bond donors (Lipinski definition) is 0. The van der Waals surface area contributed by atoms with Crippen molar-refractivity contribution in [2.45, 2.75) is 34.7 Å². The van der Waals surface area contributed by atoms with Crippen LogP contribution in [0.4, 0.5) is 21.9 Å². The molecule has 0 N–H and O–H groups in total. The lowest BCUT2D eigenvalue weighted by Gasteiger charge is -2.38. The van der Waals surface area contributed by atoms with Crippen LogP contribution in [0.25, 0.3) is 0 Å². The lowest BCUT2D eigenvalue weighted by Crippen LogP contribution is -2.46. The molecule has 0 aliphatic carbocycles. The molecule has 2 fully saturated rings. The first kappa shape index (κ1) is 23.5. The van der Waals surface area contributed by atoms with Crippen molar-refractivity contribution in [3.8, 4) is 0 Å². The average molecular weight is 518 g/mol. The fraction of sp³-hybridized carbons (Fsp3) is 0.276.